The number of piperidine rings is 1. The van der Waals surface area contributed by atoms with Crippen molar-refractivity contribution in [2.75, 3.05) is 36.0 Å². The number of nitrogens with zero attached hydrogens (tertiary/aromatic N) is 6. The van der Waals surface area contributed by atoms with Crippen LogP contribution in [0.25, 0.3) is 11.2 Å². The number of rotatable bonds is 4. The van der Waals surface area contributed by atoms with E-state index in [2.05, 4.69) is 63.6 Å². The van der Waals surface area contributed by atoms with Gasteiger partial charge in [-0.05, 0) is 94.9 Å². The van der Waals surface area contributed by atoms with E-state index in [1.54, 1.807) is 0 Å². The molecule has 1 aliphatic carbocycles. The lowest BCUT2D eigenvalue weighted by Gasteiger charge is -2.43. The molecule has 1 N–H and O–H groups in total. The van der Waals surface area contributed by atoms with Crippen molar-refractivity contribution in [2.24, 2.45) is 5.41 Å². The summed E-state index contributed by atoms with van der Waals surface area (Å²) in [5.74, 6) is 1.72. The molecule has 47 heavy (non-hydrogen) atoms. The van der Waals surface area contributed by atoms with E-state index in [1.165, 1.54) is 22.4 Å². The number of carbonyl (C=O) groups is 1. The summed E-state index contributed by atoms with van der Waals surface area (Å²) >= 11 is 0. The summed E-state index contributed by atoms with van der Waals surface area (Å²) in [4.78, 5) is 28.0. The molecular weight excluding hydrogens is 590 g/mol. The van der Waals surface area contributed by atoms with Gasteiger partial charge in [-0.1, -0.05) is 42.5 Å². The maximum absolute atomic E-state index is 13.0. The predicted molar refractivity (Wildman–Crippen MR) is 182 cm³/mol. The number of hydrogen-bond acceptors (Lipinski definition) is 8. The number of benzene rings is 2. The van der Waals surface area contributed by atoms with Gasteiger partial charge >= 0.3 is 6.09 Å². The lowest BCUT2D eigenvalue weighted by atomic mass is 9.72. The number of fused-ring (bicyclic) bond motifs is 3. The van der Waals surface area contributed by atoms with E-state index in [1.807, 2.05) is 31.6 Å². The third-order valence-corrected chi connectivity index (χ3v) is 10.4. The molecule has 4 aliphatic rings. The van der Waals surface area contributed by atoms with Crippen LogP contribution < -0.4 is 15.1 Å². The largest absolute Gasteiger partial charge is 0.444 e. The number of alkyl carbamates (subject to hydrolysis) is 1. The first-order chi connectivity index (χ1) is 22.8. The number of para-hydroxylation sites is 1. The third-order valence-electron chi connectivity index (χ3n) is 10.4. The molecule has 2 atom stereocenters. The Hall–Kier alpha value is -4.18. The summed E-state index contributed by atoms with van der Waals surface area (Å²) < 4.78 is 14.0. The Kier molecular flexibility index (Phi) is 7.58. The van der Waals surface area contributed by atoms with Crippen LogP contribution in [0, 0.1) is 5.41 Å². The molecule has 10 nitrogen and oxygen atoms in total. The first-order valence-corrected chi connectivity index (χ1v) is 17.3. The molecular formula is C37H45N7O3. The van der Waals surface area contributed by atoms with Gasteiger partial charge in [-0.2, -0.15) is 0 Å². The van der Waals surface area contributed by atoms with Gasteiger partial charge in [0.25, 0.3) is 0 Å². The normalized spacial score (nSPS) is 22.3. The maximum atomic E-state index is 13.0. The molecule has 1 unspecified atom stereocenters. The minimum absolute atomic E-state index is 0.0822. The molecule has 0 saturated carbocycles. The third kappa shape index (κ3) is 5.60. The summed E-state index contributed by atoms with van der Waals surface area (Å²) in [6, 6.07) is 17.0. The smallest absolute Gasteiger partial charge is 0.408 e. The van der Waals surface area contributed by atoms with Gasteiger partial charge in [0.1, 0.15) is 11.4 Å². The summed E-state index contributed by atoms with van der Waals surface area (Å²) in [7, 11) is 0. The Balaban J connectivity index is 1.09. The van der Waals surface area contributed by atoms with E-state index in [4.69, 9.17) is 24.5 Å². The molecule has 8 rings (SSSR count). The van der Waals surface area contributed by atoms with Gasteiger partial charge < -0.3 is 24.6 Å². The van der Waals surface area contributed by atoms with Crippen LogP contribution in [0.4, 0.5) is 22.1 Å². The van der Waals surface area contributed by atoms with Crippen molar-refractivity contribution in [3.8, 4) is 0 Å². The first-order valence-electron chi connectivity index (χ1n) is 17.3. The Morgan fingerprint density at radius 3 is 2.57 bits per heavy atom. The van der Waals surface area contributed by atoms with Crippen molar-refractivity contribution in [3.63, 3.8) is 0 Å². The minimum Gasteiger partial charge on any atom is -0.444 e. The highest BCUT2D eigenvalue weighted by Crippen LogP contribution is 2.52. The van der Waals surface area contributed by atoms with Crippen LogP contribution in [0.15, 0.2) is 54.7 Å². The van der Waals surface area contributed by atoms with E-state index in [0.717, 1.165) is 100 Å². The molecule has 5 heterocycles. The van der Waals surface area contributed by atoms with Crippen molar-refractivity contribution < 1.29 is 14.3 Å². The number of aryl methyl sites for hydroxylation is 1. The number of amides is 1. The van der Waals surface area contributed by atoms with E-state index in [9.17, 15) is 4.79 Å². The average Bonchev–Trinajstić information content (AvgIpc) is 3.59. The second-order valence-electron chi connectivity index (χ2n) is 14.7. The Labute approximate surface area is 276 Å². The molecule has 2 aromatic carbocycles. The highest BCUT2D eigenvalue weighted by molar-refractivity contribution is 5.88. The second-order valence-corrected chi connectivity index (χ2v) is 14.7. The van der Waals surface area contributed by atoms with Gasteiger partial charge in [0.2, 0.25) is 0 Å². The van der Waals surface area contributed by atoms with Crippen molar-refractivity contribution in [1.29, 1.82) is 0 Å². The highest BCUT2D eigenvalue weighted by Gasteiger charge is 2.49. The Morgan fingerprint density at radius 1 is 1.00 bits per heavy atom. The maximum Gasteiger partial charge on any atom is 0.408 e. The minimum atomic E-state index is -0.553. The lowest BCUT2D eigenvalue weighted by molar-refractivity contribution is -0.0368. The van der Waals surface area contributed by atoms with Crippen LogP contribution >= 0.6 is 0 Å². The molecule has 1 spiro atoms. The quantitative estimate of drug-likeness (QED) is 0.256. The molecule has 246 valence electrons. The monoisotopic (exact) mass is 635 g/mol. The van der Waals surface area contributed by atoms with Crippen LogP contribution in [-0.4, -0.2) is 57.7 Å². The zero-order valence-electron chi connectivity index (χ0n) is 27.7. The van der Waals surface area contributed by atoms with Gasteiger partial charge in [0.15, 0.2) is 23.2 Å². The highest BCUT2D eigenvalue weighted by atomic mass is 16.6. The molecule has 2 fully saturated rings. The number of anilines is 3. The van der Waals surface area contributed by atoms with Gasteiger partial charge in [-0.3, -0.25) is 0 Å². The second kappa shape index (κ2) is 11.8. The number of carbonyl (C=O) groups excluding carboxylic acids is 1. The van der Waals surface area contributed by atoms with E-state index >= 15 is 0 Å². The molecule has 1 amide bonds. The summed E-state index contributed by atoms with van der Waals surface area (Å²) in [5.41, 5.74) is 6.03. The number of ether oxygens (including phenoxy) is 2. The van der Waals surface area contributed by atoms with Crippen molar-refractivity contribution in [2.45, 2.75) is 90.0 Å². The van der Waals surface area contributed by atoms with Crippen molar-refractivity contribution in [1.82, 2.24) is 25.1 Å². The van der Waals surface area contributed by atoms with Crippen LogP contribution in [0.2, 0.25) is 0 Å². The van der Waals surface area contributed by atoms with Crippen LogP contribution in [0.5, 0.6) is 0 Å². The number of nitrogens with one attached hydrogen (secondary N) is 1. The van der Waals surface area contributed by atoms with Gasteiger partial charge in [0.05, 0.1) is 12.2 Å². The Morgan fingerprint density at radius 2 is 1.79 bits per heavy atom. The van der Waals surface area contributed by atoms with Crippen LogP contribution in [0.1, 0.15) is 88.3 Å². The van der Waals surface area contributed by atoms with Gasteiger partial charge in [0, 0.05) is 37.3 Å². The van der Waals surface area contributed by atoms with E-state index < -0.39 is 5.60 Å². The molecule has 0 radical (unpaired) electrons. The standard InChI is InChI=1S/C37H45N7O3/c1-36(2,3)47-35(45)40-32-27-14-6-4-12-26(27)23-37(32)17-20-42(21-18-37)29-24-38-31-33(39-29)44(30-16-8-9-22-46-30)41-34(31)43-19-10-13-25-11-5-7-15-28(25)43/h4-7,11-12,14-15,24,30,32H,8-10,13,16-23H2,1-3H3,(H,40,45)/t30?,32-/m1/s1. The molecule has 0 bridgehead atoms. The van der Waals surface area contributed by atoms with Crippen molar-refractivity contribution in [3.05, 3.63) is 71.4 Å². The molecule has 3 aliphatic heterocycles. The predicted octanol–water partition coefficient (Wildman–Crippen LogP) is 7.02. The Bertz CT molecular complexity index is 1780. The van der Waals surface area contributed by atoms with E-state index in [0.29, 0.717) is 0 Å². The fraction of sp³-hybridized carbons (Fsp3) is 0.514. The van der Waals surface area contributed by atoms with Gasteiger partial charge in [-0.15, -0.1) is 5.10 Å². The number of aromatic nitrogens is 4. The summed E-state index contributed by atoms with van der Waals surface area (Å²) in [5, 5.41) is 8.47. The zero-order chi connectivity index (χ0) is 32.2. The molecule has 2 saturated heterocycles. The van der Waals surface area contributed by atoms with Crippen molar-refractivity contribution >= 4 is 34.6 Å². The average molecular weight is 636 g/mol. The fourth-order valence-corrected chi connectivity index (χ4v) is 8.18. The topological polar surface area (TPSA) is 97.6 Å². The van der Waals surface area contributed by atoms with Crippen LogP contribution in [0.3, 0.4) is 0 Å². The first kappa shape index (κ1) is 30.2. The van der Waals surface area contributed by atoms with Crippen LogP contribution in [-0.2, 0) is 22.3 Å². The zero-order valence-corrected chi connectivity index (χ0v) is 27.7. The lowest BCUT2D eigenvalue weighted by Crippen LogP contribution is -2.48. The fourth-order valence-electron chi connectivity index (χ4n) is 8.18. The number of hydrogen-bond donors (Lipinski definition) is 1. The SMILES string of the molecule is CC(C)(C)OC(=O)N[C@@H]1c2ccccc2CC12CCN(c1cnc3c(N4CCCc5ccccc54)nn(C4CCCCO4)c3n1)CC2. The summed E-state index contributed by atoms with van der Waals surface area (Å²) in [6.07, 6.45) is 9.43. The molecule has 10 heteroatoms. The molecule has 2 aromatic heterocycles. The summed E-state index contributed by atoms with van der Waals surface area (Å²) in [6.45, 7) is 8.98. The molecule has 4 aromatic rings. The van der Waals surface area contributed by atoms with E-state index in [-0.39, 0.29) is 23.8 Å². The van der Waals surface area contributed by atoms with Gasteiger partial charge in [-0.25, -0.2) is 19.4 Å².